The minimum atomic E-state index is -0.993. The van der Waals surface area contributed by atoms with Crippen LogP contribution in [-0.2, 0) is 9.53 Å². The highest BCUT2D eigenvalue weighted by Gasteiger charge is 2.38. The average molecular weight is 323 g/mol. The molecule has 1 aromatic rings. The summed E-state index contributed by atoms with van der Waals surface area (Å²) in [5, 5.41) is 9.50. The summed E-state index contributed by atoms with van der Waals surface area (Å²) in [5.74, 6) is -2.48. The Morgan fingerprint density at radius 3 is 2.61 bits per heavy atom. The predicted molar refractivity (Wildman–Crippen MR) is 82.7 cm³/mol. The van der Waals surface area contributed by atoms with E-state index in [9.17, 15) is 19.1 Å². The van der Waals surface area contributed by atoms with Crippen LogP contribution in [0.3, 0.4) is 0 Å². The molecule has 0 unspecified atom stereocenters. The number of nitrogens with zero attached hydrogens (tertiary/aromatic N) is 1. The van der Waals surface area contributed by atoms with Crippen LogP contribution in [0.2, 0.25) is 0 Å². The SMILES string of the molecule is CC(C)(C)OC(=O)N1CC[C@H](c2cccc(F)c2)[C@@H](C(=O)O)C1. The average Bonchev–Trinajstić information content (AvgIpc) is 2.44. The number of amides is 1. The highest BCUT2D eigenvalue weighted by molar-refractivity contribution is 5.74. The molecule has 1 fully saturated rings. The summed E-state index contributed by atoms with van der Waals surface area (Å²) in [6, 6.07) is 6.00. The molecule has 2 rings (SSSR count). The zero-order valence-electron chi connectivity index (χ0n) is 13.6. The van der Waals surface area contributed by atoms with Crippen LogP contribution < -0.4 is 0 Å². The summed E-state index contributed by atoms with van der Waals surface area (Å²) in [4.78, 5) is 25.2. The van der Waals surface area contributed by atoms with Crippen LogP contribution >= 0.6 is 0 Å². The first kappa shape index (κ1) is 17.2. The van der Waals surface area contributed by atoms with Crippen molar-refractivity contribution < 1.29 is 23.8 Å². The third-order valence-electron chi connectivity index (χ3n) is 3.86. The fourth-order valence-corrected chi connectivity index (χ4v) is 2.83. The topological polar surface area (TPSA) is 66.8 Å². The van der Waals surface area contributed by atoms with Crippen LogP contribution in [0.25, 0.3) is 0 Å². The van der Waals surface area contributed by atoms with Gasteiger partial charge < -0.3 is 14.7 Å². The van der Waals surface area contributed by atoms with Crippen LogP contribution in [0, 0.1) is 11.7 Å². The number of hydrogen-bond donors (Lipinski definition) is 1. The van der Waals surface area contributed by atoms with Crippen molar-refractivity contribution in [2.24, 2.45) is 5.92 Å². The van der Waals surface area contributed by atoms with Gasteiger partial charge in [-0.2, -0.15) is 0 Å². The Morgan fingerprint density at radius 1 is 1.35 bits per heavy atom. The predicted octanol–water partition coefficient (Wildman–Crippen LogP) is 3.25. The van der Waals surface area contributed by atoms with E-state index in [-0.39, 0.29) is 18.3 Å². The van der Waals surface area contributed by atoms with Gasteiger partial charge in [-0.25, -0.2) is 9.18 Å². The highest BCUT2D eigenvalue weighted by atomic mass is 19.1. The van der Waals surface area contributed by atoms with Crippen molar-refractivity contribution in [2.45, 2.75) is 38.7 Å². The van der Waals surface area contributed by atoms with Crippen LogP contribution in [0.4, 0.5) is 9.18 Å². The lowest BCUT2D eigenvalue weighted by molar-refractivity contribution is -0.144. The van der Waals surface area contributed by atoms with Crippen molar-refractivity contribution in [1.29, 1.82) is 0 Å². The maximum atomic E-state index is 13.4. The number of carboxylic acids is 1. The second-order valence-electron chi connectivity index (χ2n) is 6.82. The summed E-state index contributed by atoms with van der Waals surface area (Å²) in [5.41, 5.74) is 0.0242. The number of aliphatic carboxylic acids is 1. The molecule has 1 aliphatic heterocycles. The van der Waals surface area contributed by atoms with Crippen LogP contribution in [0.1, 0.15) is 38.7 Å². The van der Waals surface area contributed by atoms with Gasteiger partial charge in [0, 0.05) is 19.0 Å². The number of rotatable bonds is 2. The zero-order valence-corrected chi connectivity index (χ0v) is 13.6. The highest BCUT2D eigenvalue weighted by Crippen LogP contribution is 2.34. The number of halogens is 1. The normalized spacial score (nSPS) is 21.8. The van der Waals surface area contributed by atoms with Crippen molar-refractivity contribution in [3.8, 4) is 0 Å². The lowest BCUT2D eigenvalue weighted by atomic mass is 9.80. The van der Waals surface area contributed by atoms with Gasteiger partial charge in [0.15, 0.2) is 0 Å². The first-order valence-electron chi connectivity index (χ1n) is 7.63. The summed E-state index contributed by atoms with van der Waals surface area (Å²) in [6.45, 7) is 5.74. The second kappa shape index (κ2) is 6.56. The van der Waals surface area contributed by atoms with Gasteiger partial charge in [-0.3, -0.25) is 4.79 Å². The molecule has 23 heavy (non-hydrogen) atoms. The van der Waals surface area contributed by atoms with Gasteiger partial charge in [0.05, 0.1) is 5.92 Å². The molecule has 5 nitrogen and oxygen atoms in total. The molecular weight excluding hydrogens is 301 g/mol. The van der Waals surface area contributed by atoms with Gasteiger partial charge in [-0.05, 0) is 44.9 Å². The van der Waals surface area contributed by atoms with E-state index in [0.29, 0.717) is 18.5 Å². The Morgan fingerprint density at radius 2 is 2.04 bits per heavy atom. The second-order valence-corrected chi connectivity index (χ2v) is 6.82. The Bertz CT molecular complexity index is 597. The van der Waals surface area contributed by atoms with E-state index in [0.717, 1.165) is 0 Å². The van der Waals surface area contributed by atoms with Crippen molar-refractivity contribution >= 4 is 12.1 Å². The van der Waals surface area contributed by atoms with Crippen molar-refractivity contribution in [2.75, 3.05) is 13.1 Å². The number of hydrogen-bond acceptors (Lipinski definition) is 3. The molecule has 126 valence electrons. The monoisotopic (exact) mass is 323 g/mol. The largest absolute Gasteiger partial charge is 0.481 e. The molecule has 0 saturated carbocycles. The molecule has 1 heterocycles. The van der Waals surface area contributed by atoms with Gasteiger partial charge >= 0.3 is 12.1 Å². The fraction of sp³-hybridized carbons (Fsp3) is 0.529. The van der Waals surface area contributed by atoms with E-state index in [1.807, 2.05) is 0 Å². The maximum absolute atomic E-state index is 13.4. The third kappa shape index (κ3) is 4.43. The lowest BCUT2D eigenvalue weighted by Crippen LogP contribution is -2.47. The van der Waals surface area contributed by atoms with Gasteiger partial charge in [-0.15, -0.1) is 0 Å². The molecule has 1 N–H and O–H groups in total. The van der Waals surface area contributed by atoms with E-state index in [4.69, 9.17) is 4.74 Å². The first-order valence-corrected chi connectivity index (χ1v) is 7.63. The third-order valence-corrected chi connectivity index (χ3v) is 3.86. The quantitative estimate of drug-likeness (QED) is 0.907. The minimum Gasteiger partial charge on any atom is -0.481 e. The molecule has 0 radical (unpaired) electrons. The number of piperidine rings is 1. The molecule has 6 heteroatoms. The van der Waals surface area contributed by atoms with Crippen LogP contribution in [0.5, 0.6) is 0 Å². The van der Waals surface area contributed by atoms with E-state index in [1.54, 1.807) is 32.9 Å². The zero-order chi connectivity index (χ0) is 17.2. The van der Waals surface area contributed by atoms with Gasteiger partial charge in [0.25, 0.3) is 0 Å². The maximum Gasteiger partial charge on any atom is 0.410 e. The van der Waals surface area contributed by atoms with E-state index < -0.39 is 23.6 Å². The van der Waals surface area contributed by atoms with Gasteiger partial charge in [0.1, 0.15) is 11.4 Å². The van der Waals surface area contributed by atoms with E-state index in [2.05, 4.69) is 0 Å². The number of ether oxygens (including phenoxy) is 1. The number of carbonyl (C=O) groups excluding carboxylic acids is 1. The minimum absolute atomic E-state index is 0.0609. The van der Waals surface area contributed by atoms with E-state index in [1.165, 1.54) is 17.0 Å². The number of benzene rings is 1. The summed E-state index contributed by atoms with van der Waals surface area (Å²) < 4.78 is 18.7. The number of carbonyl (C=O) groups is 2. The van der Waals surface area contributed by atoms with Crippen molar-refractivity contribution in [3.63, 3.8) is 0 Å². The van der Waals surface area contributed by atoms with Gasteiger partial charge in [-0.1, -0.05) is 12.1 Å². The number of carboxylic acid groups (broad SMARTS) is 1. The molecule has 2 atom stereocenters. The molecular formula is C17H22FNO4. The summed E-state index contributed by atoms with van der Waals surface area (Å²) >= 11 is 0. The molecule has 0 aromatic heterocycles. The van der Waals surface area contributed by atoms with Crippen LogP contribution in [-0.4, -0.2) is 40.8 Å². The van der Waals surface area contributed by atoms with Gasteiger partial charge in [0.2, 0.25) is 0 Å². The summed E-state index contributed by atoms with van der Waals surface area (Å²) in [6.07, 6.45) is -0.0546. The van der Waals surface area contributed by atoms with Crippen LogP contribution in [0.15, 0.2) is 24.3 Å². The molecule has 0 bridgehead atoms. The fourth-order valence-electron chi connectivity index (χ4n) is 2.83. The molecule has 0 aliphatic carbocycles. The summed E-state index contributed by atoms with van der Waals surface area (Å²) in [7, 11) is 0. The van der Waals surface area contributed by atoms with Crippen molar-refractivity contribution in [1.82, 2.24) is 4.90 Å². The molecule has 1 aliphatic rings. The molecule has 1 amide bonds. The Kier molecular flexibility index (Phi) is 4.92. The Labute approximate surface area is 135 Å². The van der Waals surface area contributed by atoms with Crippen molar-refractivity contribution in [3.05, 3.63) is 35.6 Å². The lowest BCUT2D eigenvalue weighted by Gasteiger charge is -2.37. The van der Waals surface area contributed by atoms with E-state index >= 15 is 0 Å². The Hall–Kier alpha value is -2.11. The first-order chi connectivity index (χ1) is 10.7. The molecule has 1 aromatic carbocycles. The molecule has 1 saturated heterocycles. The molecule has 0 spiro atoms. The number of likely N-dealkylation sites (tertiary alicyclic amines) is 1. The Balaban J connectivity index is 2.15. The standard InChI is InChI=1S/C17H22FNO4/c1-17(2,3)23-16(22)19-8-7-13(14(10-19)15(20)21)11-5-4-6-12(18)9-11/h4-6,9,13-14H,7-8,10H2,1-3H3,(H,20,21)/t13-,14+/m1/s1. The smallest absolute Gasteiger partial charge is 0.410 e.